The molecular formula is C13H13FNO4-. The van der Waals surface area contributed by atoms with Crippen LogP contribution in [0.1, 0.15) is 5.56 Å². The van der Waals surface area contributed by atoms with E-state index in [1.807, 2.05) is 18.2 Å². The molecule has 1 fully saturated rings. The van der Waals surface area contributed by atoms with Crippen LogP contribution in [-0.4, -0.2) is 36.2 Å². The predicted molar refractivity (Wildman–Crippen MR) is 61.6 cm³/mol. The zero-order chi connectivity index (χ0) is 13.8. The third-order valence-electron chi connectivity index (χ3n) is 3.01. The Bertz CT molecular complexity index is 465. The van der Waals surface area contributed by atoms with Crippen LogP contribution in [0.3, 0.4) is 0 Å². The van der Waals surface area contributed by atoms with Crippen molar-refractivity contribution in [3.63, 3.8) is 0 Å². The Morgan fingerprint density at radius 2 is 2.00 bits per heavy atom. The first-order chi connectivity index (χ1) is 9.08. The van der Waals surface area contributed by atoms with Crippen molar-refractivity contribution < 1.29 is 23.8 Å². The highest BCUT2D eigenvalue weighted by molar-refractivity contribution is 5.73. The summed E-state index contributed by atoms with van der Waals surface area (Å²) in [5, 5.41) is 10.6. The van der Waals surface area contributed by atoms with E-state index in [0.717, 1.165) is 10.5 Å². The molecule has 2 rings (SSSR count). The van der Waals surface area contributed by atoms with E-state index in [0.29, 0.717) is 0 Å². The lowest BCUT2D eigenvalue weighted by molar-refractivity contribution is -0.312. The average molecular weight is 266 g/mol. The molecule has 1 saturated heterocycles. The standard InChI is InChI=1S/C13H14FNO4/c14-11-7-15(6-10(11)12(16)17)13(18)19-8-9-4-2-1-3-5-9/h1-5,10-11H,6-8H2,(H,16,17)/p-1/t10-,11+/m0/s1. The van der Waals surface area contributed by atoms with E-state index in [1.165, 1.54) is 0 Å². The number of likely N-dealkylation sites (tertiary alicyclic amines) is 1. The van der Waals surface area contributed by atoms with Gasteiger partial charge in [-0.3, -0.25) is 0 Å². The maximum Gasteiger partial charge on any atom is 0.410 e. The maximum atomic E-state index is 13.3. The summed E-state index contributed by atoms with van der Waals surface area (Å²) >= 11 is 0. The van der Waals surface area contributed by atoms with Gasteiger partial charge in [-0.15, -0.1) is 0 Å². The third-order valence-corrected chi connectivity index (χ3v) is 3.01. The quantitative estimate of drug-likeness (QED) is 0.791. The normalized spacial score (nSPS) is 22.3. The highest BCUT2D eigenvalue weighted by Crippen LogP contribution is 2.20. The molecule has 1 aliphatic heterocycles. The summed E-state index contributed by atoms with van der Waals surface area (Å²) in [4.78, 5) is 23.3. The van der Waals surface area contributed by atoms with Gasteiger partial charge in [0.15, 0.2) is 0 Å². The smallest absolute Gasteiger partial charge is 0.410 e. The number of amides is 1. The number of ether oxygens (including phenoxy) is 1. The van der Waals surface area contributed by atoms with Crippen LogP contribution >= 0.6 is 0 Å². The Morgan fingerprint density at radius 3 is 2.58 bits per heavy atom. The van der Waals surface area contributed by atoms with E-state index >= 15 is 0 Å². The molecule has 102 valence electrons. The number of halogens is 1. The van der Waals surface area contributed by atoms with Crippen molar-refractivity contribution in [3.8, 4) is 0 Å². The fourth-order valence-electron chi connectivity index (χ4n) is 1.95. The summed E-state index contributed by atoms with van der Waals surface area (Å²) in [6, 6.07) is 9.04. The summed E-state index contributed by atoms with van der Waals surface area (Å²) in [7, 11) is 0. The Kier molecular flexibility index (Phi) is 3.99. The van der Waals surface area contributed by atoms with Crippen molar-refractivity contribution >= 4 is 12.1 Å². The molecule has 0 unspecified atom stereocenters. The molecule has 1 aliphatic rings. The molecule has 1 heterocycles. The molecule has 2 atom stereocenters. The Hall–Kier alpha value is -2.11. The summed E-state index contributed by atoms with van der Waals surface area (Å²) in [5.41, 5.74) is 0.809. The SMILES string of the molecule is O=C([O-])[C@H]1CN(C(=O)OCc2ccccc2)C[C@H]1F. The molecule has 1 aromatic carbocycles. The monoisotopic (exact) mass is 266 g/mol. The van der Waals surface area contributed by atoms with Crippen molar-refractivity contribution in [2.75, 3.05) is 13.1 Å². The molecule has 0 aliphatic carbocycles. The van der Waals surface area contributed by atoms with Gasteiger partial charge in [0, 0.05) is 18.4 Å². The lowest BCUT2D eigenvalue weighted by Gasteiger charge is -2.16. The van der Waals surface area contributed by atoms with E-state index in [1.54, 1.807) is 12.1 Å². The number of rotatable bonds is 3. The molecule has 1 amide bonds. The average Bonchev–Trinajstić information content (AvgIpc) is 2.79. The van der Waals surface area contributed by atoms with Gasteiger partial charge >= 0.3 is 6.09 Å². The Balaban J connectivity index is 1.86. The number of alkyl halides is 1. The number of carbonyl (C=O) groups excluding carboxylic acids is 2. The second-order valence-electron chi connectivity index (χ2n) is 4.39. The zero-order valence-electron chi connectivity index (χ0n) is 10.1. The highest BCUT2D eigenvalue weighted by Gasteiger charge is 2.36. The van der Waals surface area contributed by atoms with E-state index in [9.17, 15) is 19.1 Å². The minimum Gasteiger partial charge on any atom is -0.550 e. The summed E-state index contributed by atoms with van der Waals surface area (Å²) in [6.07, 6.45) is -2.32. The predicted octanol–water partition coefficient (Wildman–Crippen LogP) is 0.343. The number of carbonyl (C=O) groups is 2. The topological polar surface area (TPSA) is 69.7 Å². The van der Waals surface area contributed by atoms with E-state index in [4.69, 9.17) is 4.74 Å². The van der Waals surface area contributed by atoms with Gasteiger partial charge in [0.05, 0.1) is 6.54 Å². The first-order valence-corrected chi connectivity index (χ1v) is 5.88. The van der Waals surface area contributed by atoms with Crippen molar-refractivity contribution in [1.29, 1.82) is 0 Å². The van der Waals surface area contributed by atoms with Crippen molar-refractivity contribution in [2.45, 2.75) is 12.8 Å². The first kappa shape index (κ1) is 13.3. The number of carboxylic acid groups (broad SMARTS) is 1. The van der Waals surface area contributed by atoms with Crippen molar-refractivity contribution in [3.05, 3.63) is 35.9 Å². The lowest BCUT2D eigenvalue weighted by Crippen LogP contribution is -2.37. The van der Waals surface area contributed by atoms with Gasteiger partial charge in [0.1, 0.15) is 12.8 Å². The van der Waals surface area contributed by atoms with Gasteiger partial charge in [0.2, 0.25) is 0 Å². The van der Waals surface area contributed by atoms with Gasteiger partial charge in [-0.1, -0.05) is 30.3 Å². The molecule has 0 saturated carbocycles. The number of nitrogens with zero attached hydrogens (tertiary/aromatic N) is 1. The van der Waals surface area contributed by atoms with Gasteiger partial charge in [-0.25, -0.2) is 9.18 Å². The summed E-state index contributed by atoms with van der Waals surface area (Å²) in [6.45, 7) is -0.410. The van der Waals surface area contributed by atoms with Crippen molar-refractivity contribution in [1.82, 2.24) is 4.90 Å². The van der Waals surface area contributed by atoms with Crippen LogP contribution in [0.5, 0.6) is 0 Å². The molecule has 0 spiro atoms. The Morgan fingerprint density at radius 1 is 1.32 bits per heavy atom. The number of hydrogen-bond acceptors (Lipinski definition) is 4. The molecule has 6 heteroatoms. The molecular weight excluding hydrogens is 253 g/mol. The molecule has 5 nitrogen and oxygen atoms in total. The summed E-state index contributed by atoms with van der Waals surface area (Å²) in [5.74, 6) is -2.75. The molecule has 0 aromatic heterocycles. The molecule has 19 heavy (non-hydrogen) atoms. The second kappa shape index (κ2) is 5.69. The van der Waals surface area contributed by atoms with Crippen LogP contribution in [0.2, 0.25) is 0 Å². The number of hydrogen-bond donors (Lipinski definition) is 0. The van der Waals surface area contributed by atoms with Crippen LogP contribution in [-0.2, 0) is 16.1 Å². The van der Waals surface area contributed by atoms with E-state index < -0.39 is 24.2 Å². The van der Waals surface area contributed by atoms with E-state index in [2.05, 4.69) is 0 Å². The second-order valence-corrected chi connectivity index (χ2v) is 4.39. The minimum atomic E-state index is -1.60. The third kappa shape index (κ3) is 3.21. The van der Waals surface area contributed by atoms with Crippen LogP contribution in [0.15, 0.2) is 30.3 Å². The number of benzene rings is 1. The van der Waals surface area contributed by atoms with Gasteiger partial charge in [0.25, 0.3) is 0 Å². The zero-order valence-corrected chi connectivity index (χ0v) is 10.1. The maximum absolute atomic E-state index is 13.3. The molecule has 0 radical (unpaired) electrons. The summed E-state index contributed by atoms with van der Waals surface area (Å²) < 4.78 is 18.3. The van der Waals surface area contributed by atoms with Crippen LogP contribution in [0, 0.1) is 5.92 Å². The van der Waals surface area contributed by atoms with Crippen LogP contribution in [0.25, 0.3) is 0 Å². The minimum absolute atomic E-state index is 0.0725. The Labute approximate surface area is 109 Å². The lowest BCUT2D eigenvalue weighted by atomic mass is 10.1. The van der Waals surface area contributed by atoms with Gasteiger partial charge < -0.3 is 19.5 Å². The van der Waals surface area contributed by atoms with Crippen LogP contribution in [0.4, 0.5) is 9.18 Å². The largest absolute Gasteiger partial charge is 0.550 e. The van der Waals surface area contributed by atoms with Crippen LogP contribution < -0.4 is 5.11 Å². The number of carboxylic acids is 1. The van der Waals surface area contributed by atoms with E-state index in [-0.39, 0.29) is 19.7 Å². The fraction of sp³-hybridized carbons (Fsp3) is 0.385. The van der Waals surface area contributed by atoms with Gasteiger partial charge in [-0.05, 0) is 5.56 Å². The first-order valence-electron chi connectivity index (χ1n) is 5.88. The number of aliphatic carboxylic acids is 1. The molecule has 1 aromatic rings. The van der Waals surface area contributed by atoms with Gasteiger partial charge in [-0.2, -0.15) is 0 Å². The molecule has 0 N–H and O–H groups in total. The highest BCUT2D eigenvalue weighted by atomic mass is 19.1. The fourth-order valence-corrected chi connectivity index (χ4v) is 1.95. The molecule has 0 bridgehead atoms. The van der Waals surface area contributed by atoms with Crippen molar-refractivity contribution in [2.24, 2.45) is 5.92 Å².